The predicted octanol–water partition coefficient (Wildman–Crippen LogP) is 2.73. The van der Waals surface area contributed by atoms with Crippen LogP contribution >= 0.6 is 0 Å². The Kier molecular flexibility index (Phi) is 6.76. The average molecular weight is 449 g/mol. The lowest BCUT2D eigenvalue weighted by atomic mass is 10.1. The van der Waals surface area contributed by atoms with E-state index < -0.39 is 57.1 Å². The Morgan fingerprint density at radius 1 is 1.10 bits per heavy atom. The van der Waals surface area contributed by atoms with Gasteiger partial charge in [-0.05, 0) is 25.1 Å². The van der Waals surface area contributed by atoms with Gasteiger partial charge >= 0.3 is 29.9 Å². The van der Waals surface area contributed by atoms with E-state index in [0.717, 1.165) is 12.1 Å². The number of ether oxygens (including phenoxy) is 2. The second-order valence-corrected chi connectivity index (χ2v) is 7.02. The fourth-order valence-corrected chi connectivity index (χ4v) is 2.70. The molecule has 0 aromatic heterocycles. The zero-order valence-electron chi connectivity index (χ0n) is 14.3. The summed E-state index contributed by atoms with van der Waals surface area (Å²) in [6, 6.07) is 3.27. The molecule has 0 bridgehead atoms. The molecule has 14 heteroatoms. The van der Waals surface area contributed by atoms with Gasteiger partial charge in [0, 0.05) is 5.57 Å². The highest BCUT2D eigenvalue weighted by atomic mass is 32.2. The van der Waals surface area contributed by atoms with Gasteiger partial charge in [0.15, 0.2) is 0 Å². The van der Waals surface area contributed by atoms with Crippen molar-refractivity contribution in [2.24, 2.45) is 0 Å². The largest absolute Gasteiger partial charge is 0.748 e. The smallest absolute Gasteiger partial charge is 0.438 e. The van der Waals surface area contributed by atoms with Gasteiger partial charge in [0.1, 0.15) is 5.75 Å². The fraction of sp³-hybridized carbons (Fsp3) is 0.333. The van der Waals surface area contributed by atoms with Gasteiger partial charge in [0.25, 0.3) is 0 Å². The molecule has 162 valence electrons. The molecule has 0 aliphatic heterocycles. The van der Waals surface area contributed by atoms with E-state index in [9.17, 15) is 48.9 Å². The molecule has 7 nitrogen and oxygen atoms in total. The number of carbonyl (C=O) groups excluding carboxylic acids is 2. The predicted molar refractivity (Wildman–Crippen MR) is 81.7 cm³/mol. The highest BCUT2D eigenvalue weighted by molar-refractivity contribution is 7.85. The molecule has 0 unspecified atom stereocenters. The lowest BCUT2D eigenvalue weighted by molar-refractivity contribution is -0.356. The molecule has 0 amide bonds. The molecule has 29 heavy (non-hydrogen) atoms. The molecular weight excluding hydrogens is 438 g/mol. The summed E-state index contributed by atoms with van der Waals surface area (Å²) in [6.45, 7) is 4.48. The maximum Gasteiger partial charge on any atom is 0.438 e. The van der Waals surface area contributed by atoms with Crippen LogP contribution in [0.2, 0.25) is 0 Å². The molecule has 0 atom stereocenters. The third-order valence-electron chi connectivity index (χ3n) is 3.19. The Hall–Kier alpha value is -2.61. The maximum absolute atomic E-state index is 13.1. The van der Waals surface area contributed by atoms with Gasteiger partial charge < -0.3 is 14.0 Å². The van der Waals surface area contributed by atoms with Crippen molar-refractivity contribution >= 4 is 22.1 Å². The van der Waals surface area contributed by atoms with Gasteiger partial charge in [0.05, 0.1) is 21.4 Å². The number of rotatable bonds is 6. The monoisotopic (exact) mass is 449 g/mol. The van der Waals surface area contributed by atoms with E-state index in [4.69, 9.17) is 0 Å². The van der Waals surface area contributed by atoms with Crippen LogP contribution in [0.1, 0.15) is 17.3 Å². The number of benzene rings is 1. The van der Waals surface area contributed by atoms with Gasteiger partial charge in [-0.2, -0.15) is 26.3 Å². The summed E-state index contributed by atoms with van der Waals surface area (Å²) >= 11 is 0. The first-order valence-electron chi connectivity index (χ1n) is 7.18. The van der Waals surface area contributed by atoms with E-state index in [1.54, 1.807) is 0 Å². The first-order valence-corrected chi connectivity index (χ1v) is 8.75. The molecule has 0 fully saturated rings. The van der Waals surface area contributed by atoms with Crippen molar-refractivity contribution in [2.45, 2.75) is 24.9 Å². The van der Waals surface area contributed by atoms with Crippen LogP contribution in [0.25, 0.3) is 0 Å². The maximum atomic E-state index is 13.1. The molecule has 0 saturated carbocycles. The van der Waals surface area contributed by atoms with E-state index in [-0.39, 0.29) is 5.57 Å². The third kappa shape index (κ3) is 5.93. The summed E-state index contributed by atoms with van der Waals surface area (Å²) in [5.41, 5.74) is -6.66. The summed E-state index contributed by atoms with van der Waals surface area (Å²) in [5.74, 6) is -6.85. The van der Waals surface area contributed by atoms with Crippen molar-refractivity contribution in [3.8, 4) is 5.75 Å². The highest BCUT2D eigenvalue weighted by Crippen LogP contribution is 2.47. The zero-order chi connectivity index (χ0) is 22.8. The summed E-state index contributed by atoms with van der Waals surface area (Å²) < 4.78 is 119. The fourth-order valence-electron chi connectivity index (χ4n) is 1.82. The second-order valence-electron chi connectivity index (χ2n) is 5.61. The molecule has 0 saturated heterocycles. The minimum atomic E-state index is -6.50. The van der Waals surface area contributed by atoms with Gasteiger partial charge in [-0.25, -0.2) is 18.0 Å². The van der Waals surface area contributed by atoms with Crippen molar-refractivity contribution in [2.75, 3.05) is 5.75 Å². The number of hydrogen-bond donors (Lipinski definition) is 0. The Labute approximate surface area is 159 Å². The average Bonchev–Trinajstić information content (AvgIpc) is 2.50. The van der Waals surface area contributed by atoms with Crippen LogP contribution in [0.5, 0.6) is 5.75 Å². The minimum Gasteiger partial charge on any atom is -0.748 e. The molecular formula is C15H11F6O7S-. The van der Waals surface area contributed by atoms with Gasteiger partial charge in [-0.3, -0.25) is 0 Å². The van der Waals surface area contributed by atoms with Crippen molar-refractivity contribution < 1.29 is 58.4 Å². The van der Waals surface area contributed by atoms with Crippen LogP contribution in [0.4, 0.5) is 26.3 Å². The van der Waals surface area contributed by atoms with E-state index in [2.05, 4.69) is 16.1 Å². The summed E-state index contributed by atoms with van der Waals surface area (Å²) in [7, 11) is -6.16. The number of carbonyl (C=O) groups is 2. The Morgan fingerprint density at radius 2 is 1.62 bits per heavy atom. The lowest BCUT2D eigenvalue weighted by Crippen LogP contribution is -2.63. The first-order chi connectivity index (χ1) is 12.9. The SMILES string of the molecule is C=C(C)C(=O)Oc1cccc(C(=O)OC(CS(=O)(=O)[O-])(C(F)(F)F)C(F)(F)F)c1. The van der Waals surface area contributed by atoms with Gasteiger partial charge in [0.2, 0.25) is 0 Å². The minimum absolute atomic E-state index is 0.105. The summed E-state index contributed by atoms with van der Waals surface area (Å²) in [5, 5.41) is 0. The number of alkyl halides is 6. The summed E-state index contributed by atoms with van der Waals surface area (Å²) in [6.07, 6.45) is -13.0. The molecule has 0 radical (unpaired) electrons. The molecule has 0 heterocycles. The Bertz CT molecular complexity index is 904. The van der Waals surface area contributed by atoms with E-state index in [1.807, 2.05) is 0 Å². The van der Waals surface area contributed by atoms with E-state index in [1.165, 1.54) is 6.92 Å². The van der Waals surface area contributed by atoms with Crippen molar-refractivity contribution in [1.82, 2.24) is 0 Å². The molecule has 1 rings (SSSR count). The molecule has 0 aliphatic carbocycles. The second kappa shape index (κ2) is 8.02. The Balaban J connectivity index is 3.39. The van der Waals surface area contributed by atoms with Crippen LogP contribution in [0.15, 0.2) is 36.4 Å². The third-order valence-corrected chi connectivity index (χ3v) is 3.95. The zero-order valence-corrected chi connectivity index (χ0v) is 15.1. The molecule has 0 N–H and O–H groups in total. The van der Waals surface area contributed by atoms with Crippen molar-refractivity contribution in [3.63, 3.8) is 0 Å². The molecule has 0 aliphatic rings. The standard InChI is InChI=1S/C15H12F6O7S/c1-8(2)11(22)27-10-5-3-4-9(6-10)12(23)28-13(14(16,17)18,15(19,20)21)7-29(24,25)26/h3-6H,1,7H2,2H3,(H,24,25,26)/p-1. The van der Waals surface area contributed by atoms with E-state index >= 15 is 0 Å². The van der Waals surface area contributed by atoms with Crippen LogP contribution in [0.3, 0.4) is 0 Å². The number of hydrogen-bond acceptors (Lipinski definition) is 7. The summed E-state index contributed by atoms with van der Waals surface area (Å²) in [4.78, 5) is 23.3. The van der Waals surface area contributed by atoms with E-state index in [0.29, 0.717) is 12.1 Å². The quantitative estimate of drug-likeness (QED) is 0.216. The first kappa shape index (κ1) is 24.4. The van der Waals surface area contributed by atoms with Gasteiger partial charge in [-0.15, -0.1) is 0 Å². The topological polar surface area (TPSA) is 110 Å². The van der Waals surface area contributed by atoms with Crippen LogP contribution in [-0.2, 0) is 19.6 Å². The van der Waals surface area contributed by atoms with Crippen molar-refractivity contribution in [3.05, 3.63) is 42.0 Å². The molecule has 1 aromatic carbocycles. The van der Waals surface area contributed by atoms with Crippen LogP contribution in [-0.4, -0.2) is 48.6 Å². The molecule has 1 aromatic rings. The normalized spacial score (nSPS) is 13.0. The number of halogens is 6. The van der Waals surface area contributed by atoms with Crippen LogP contribution < -0.4 is 4.74 Å². The van der Waals surface area contributed by atoms with Crippen LogP contribution in [0, 0.1) is 0 Å². The van der Waals surface area contributed by atoms with Gasteiger partial charge in [-0.1, -0.05) is 12.6 Å². The Morgan fingerprint density at radius 3 is 2.03 bits per heavy atom. The lowest BCUT2D eigenvalue weighted by Gasteiger charge is -2.36. The highest BCUT2D eigenvalue weighted by Gasteiger charge is 2.75. The van der Waals surface area contributed by atoms with Crippen molar-refractivity contribution in [1.29, 1.82) is 0 Å². The molecule has 0 spiro atoms. The number of esters is 2.